The number of carbonyl (C=O) groups excluding carboxylic acids is 2. The molecule has 0 unspecified atom stereocenters. The number of carbonyl (C=O) groups is 2. The third-order valence-electron chi connectivity index (χ3n) is 7.23. The van der Waals surface area contributed by atoms with Gasteiger partial charge in [0.15, 0.2) is 0 Å². The van der Waals surface area contributed by atoms with Crippen LogP contribution in [0.15, 0.2) is 47.4 Å². The van der Waals surface area contributed by atoms with Crippen molar-refractivity contribution in [2.45, 2.75) is 76.3 Å². The highest BCUT2D eigenvalue weighted by Gasteiger charge is 2.51. The average Bonchev–Trinajstić information content (AvgIpc) is 2.81. The summed E-state index contributed by atoms with van der Waals surface area (Å²) in [7, 11) is -3.97. The maximum atomic E-state index is 13.8. The van der Waals surface area contributed by atoms with Gasteiger partial charge >= 0.3 is 0 Å². The first-order valence-electron chi connectivity index (χ1n) is 12.3. The number of anilines is 1. The topological polar surface area (TPSA) is 86.8 Å². The van der Waals surface area contributed by atoms with E-state index in [-0.39, 0.29) is 29.9 Å². The Morgan fingerprint density at radius 1 is 0.971 bits per heavy atom. The lowest BCUT2D eigenvalue weighted by atomic mass is 9.90. The first-order valence-corrected chi connectivity index (χ1v) is 13.7. The van der Waals surface area contributed by atoms with E-state index in [1.54, 1.807) is 31.2 Å². The van der Waals surface area contributed by atoms with Crippen molar-refractivity contribution >= 4 is 27.5 Å². The second-order valence-corrected chi connectivity index (χ2v) is 12.1. The quantitative estimate of drug-likeness (QED) is 0.680. The van der Waals surface area contributed by atoms with Crippen LogP contribution < -0.4 is 10.2 Å². The molecule has 1 saturated carbocycles. The van der Waals surface area contributed by atoms with Crippen molar-refractivity contribution < 1.29 is 18.0 Å². The number of piperazine rings is 1. The Morgan fingerprint density at radius 3 is 2.26 bits per heavy atom. The average molecular weight is 498 g/mol. The van der Waals surface area contributed by atoms with Crippen LogP contribution in [0.2, 0.25) is 0 Å². The molecule has 0 bridgehead atoms. The molecule has 2 aliphatic rings. The number of nitrogens with zero attached hydrogens (tertiary/aromatic N) is 2. The molecule has 0 radical (unpaired) electrons. The van der Waals surface area contributed by atoms with E-state index in [2.05, 4.69) is 5.32 Å². The molecule has 1 aliphatic carbocycles. The number of aryl methyl sites for hydroxylation is 3. The summed E-state index contributed by atoms with van der Waals surface area (Å²) in [5.74, 6) is -0.732. The fourth-order valence-electron chi connectivity index (χ4n) is 5.12. The van der Waals surface area contributed by atoms with E-state index >= 15 is 0 Å². The number of nitrogens with one attached hydrogen (secondary N) is 1. The normalized spacial score (nSPS) is 22.3. The largest absolute Gasteiger partial charge is 0.351 e. The monoisotopic (exact) mass is 497 g/mol. The van der Waals surface area contributed by atoms with Gasteiger partial charge in [0.2, 0.25) is 21.8 Å². The van der Waals surface area contributed by atoms with E-state index in [1.807, 2.05) is 39.0 Å². The lowest BCUT2D eigenvalue weighted by molar-refractivity contribution is -0.133. The van der Waals surface area contributed by atoms with Gasteiger partial charge in [0.1, 0.15) is 5.54 Å². The molecule has 2 amide bonds. The van der Waals surface area contributed by atoms with Gasteiger partial charge in [0, 0.05) is 18.3 Å². The standard InChI is InChI=1S/C27H35N3O4S/c1-19-11-14-23(15-12-19)35(33,34)29-17-25(31)30(24-16-20(2)10-13-21(24)3)27(4,18-29)26(32)28-22-8-6-5-7-9-22/h10-16,22H,5-9,17-18H2,1-4H3,(H,28,32)/t27-/m0/s1. The Kier molecular flexibility index (Phi) is 7.06. The van der Waals surface area contributed by atoms with Gasteiger partial charge in [-0.3, -0.25) is 14.5 Å². The van der Waals surface area contributed by atoms with E-state index in [0.29, 0.717) is 5.69 Å². The van der Waals surface area contributed by atoms with Gasteiger partial charge in [-0.15, -0.1) is 0 Å². The molecule has 1 N–H and O–H groups in total. The summed E-state index contributed by atoms with van der Waals surface area (Å²) in [5.41, 5.74) is 2.00. The molecule has 35 heavy (non-hydrogen) atoms. The predicted octanol–water partition coefficient (Wildman–Crippen LogP) is 3.86. The van der Waals surface area contributed by atoms with Crippen LogP contribution >= 0.6 is 0 Å². The summed E-state index contributed by atoms with van der Waals surface area (Å²) >= 11 is 0. The van der Waals surface area contributed by atoms with Crippen LogP contribution in [-0.2, 0) is 19.6 Å². The summed E-state index contributed by atoms with van der Waals surface area (Å²) < 4.78 is 28.2. The second kappa shape index (κ2) is 9.74. The van der Waals surface area contributed by atoms with Crippen LogP contribution in [0.4, 0.5) is 5.69 Å². The van der Waals surface area contributed by atoms with E-state index in [9.17, 15) is 18.0 Å². The van der Waals surface area contributed by atoms with E-state index in [0.717, 1.165) is 53.1 Å². The lowest BCUT2D eigenvalue weighted by Gasteiger charge is -2.47. The molecule has 1 saturated heterocycles. The van der Waals surface area contributed by atoms with E-state index in [4.69, 9.17) is 0 Å². The molecular formula is C27H35N3O4S. The summed E-state index contributed by atoms with van der Waals surface area (Å²) in [6.07, 6.45) is 5.04. The first kappa shape index (κ1) is 25.4. The minimum Gasteiger partial charge on any atom is -0.351 e. The zero-order chi connectivity index (χ0) is 25.4. The molecular weight excluding hydrogens is 462 g/mol. The molecule has 4 rings (SSSR count). The van der Waals surface area contributed by atoms with Crippen molar-refractivity contribution in [2.24, 2.45) is 0 Å². The molecule has 1 aliphatic heterocycles. The molecule has 188 valence electrons. The third-order valence-corrected chi connectivity index (χ3v) is 9.04. The molecule has 1 heterocycles. The minimum atomic E-state index is -3.97. The van der Waals surface area contributed by atoms with Gasteiger partial charge < -0.3 is 5.32 Å². The zero-order valence-corrected chi connectivity index (χ0v) is 21.8. The summed E-state index contributed by atoms with van der Waals surface area (Å²) in [6, 6.07) is 12.4. The maximum Gasteiger partial charge on any atom is 0.247 e. The van der Waals surface area contributed by atoms with Gasteiger partial charge in [0.05, 0.1) is 11.4 Å². The van der Waals surface area contributed by atoms with Crippen LogP contribution in [-0.4, -0.2) is 49.2 Å². The number of hydrogen-bond acceptors (Lipinski definition) is 4. The van der Waals surface area contributed by atoms with Crippen LogP contribution in [0, 0.1) is 20.8 Å². The lowest BCUT2D eigenvalue weighted by Crippen LogP contribution is -2.71. The van der Waals surface area contributed by atoms with Crippen LogP contribution in [0.3, 0.4) is 0 Å². The first-order chi connectivity index (χ1) is 16.5. The third kappa shape index (κ3) is 5.00. The molecule has 8 heteroatoms. The van der Waals surface area contributed by atoms with Gasteiger partial charge in [0.25, 0.3) is 0 Å². The van der Waals surface area contributed by atoms with Crippen molar-refractivity contribution in [3.05, 3.63) is 59.2 Å². The van der Waals surface area contributed by atoms with Crippen molar-refractivity contribution in [3.8, 4) is 0 Å². The number of hydrogen-bond donors (Lipinski definition) is 1. The van der Waals surface area contributed by atoms with Crippen molar-refractivity contribution in [3.63, 3.8) is 0 Å². The molecule has 7 nitrogen and oxygen atoms in total. The number of amides is 2. The predicted molar refractivity (Wildman–Crippen MR) is 137 cm³/mol. The fourth-order valence-corrected chi connectivity index (χ4v) is 6.60. The second-order valence-electron chi connectivity index (χ2n) is 10.2. The molecule has 2 aromatic carbocycles. The zero-order valence-electron chi connectivity index (χ0n) is 21.0. The van der Waals surface area contributed by atoms with E-state index < -0.39 is 21.5 Å². The molecule has 2 aromatic rings. The van der Waals surface area contributed by atoms with Crippen LogP contribution in [0.25, 0.3) is 0 Å². The molecule has 2 fully saturated rings. The Balaban J connectivity index is 1.75. The van der Waals surface area contributed by atoms with Gasteiger partial charge in [-0.2, -0.15) is 4.31 Å². The maximum absolute atomic E-state index is 13.8. The minimum absolute atomic E-state index is 0.0349. The Hall–Kier alpha value is -2.71. The highest BCUT2D eigenvalue weighted by atomic mass is 32.2. The van der Waals surface area contributed by atoms with Gasteiger partial charge in [-0.25, -0.2) is 8.42 Å². The molecule has 0 aromatic heterocycles. The molecule has 1 atom stereocenters. The Morgan fingerprint density at radius 2 is 1.60 bits per heavy atom. The Labute approximate surface area is 208 Å². The highest BCUT2D eigenvalue weighted by molar-refractivity contribution is 7.89. The summed E-state index contributed by atoms with van der Waals surface area (Å²) in [5, 5.41) is 3.15. The molecule has 0 spiro atoms. The smallest absolute Gasteiger partial charge is 0.247 e. The van der Waals surface area contributed by atoms with Crippen molar-refractivity contribution in [1.82, 2.24) is 9.62 Å². The summed E-state index contributed by atoms with van der Waals surface area (Å²) in [6.45, 7) is 6.95. The van der Waals surface area contributed by atoms with Crippen molar-refractivity contribution in [2.75, 3.05) is 18.0 Å². The SMILES string of the molecule is Cc1ccc(S(=O)(=O)N2CC(=O)N(c3cc(C)ccc3C)[C@](C)(C(=O)NC3CCCCC3)C2)cc1. The van der Waals surface area contributed by atoms with Crippen LogP contribution in [0.5, 0.6) is 0 Å². The number of sulfonamides is 1. The van der Waals surface area contributed by atoms with Gasteiger partial charge in [-0.05, 0) is 69.9 Å². The Bertz CT molecular complexity index is 1220. The summed E-state index contributed by atoms with van der Waals surface area (Å²) in [4.78, 5) is 29.1. The number of benzene rings is 2. The fraction of sp³-hybridized carbons (Fsp3) is 0.481. The van der Waals surface area contributed by atoms with E-state index in [1.165, 1.54) is 4.90 Å². The number of rotatable bonds is 5. The van der Waals surface area contributed by atoms with Crippen LogP contribution in [0.1, 0.15) is 55.7 Å². The highest BCUT2D eigenvalue weighted by Crippen LogP contribution is 2.35. The van der Waals surface area contributed by atoms with Crippen molar-refractivity contribution in [1.29, 1.82) is 0 Å². The van der Waals surface area contributed by atoms with Gasteiger partial charge in [-0.1, -0.05) is 49.1 Å².